The van der Waals surface area contributed by atoms with Crippen molar-refractivity contribution in [1.29, 1.82) is 0 Å². The minimum absolute atomic E-state index is 0.188. The second-order valence-electron chi connectivity index (χ2n) is 5.79. The minimum atomic E-state index is -0.422. The van der Waals surface area contributed by atoms with Gasteiger partial charge in [0.1, 0.15) is 5.60 Å². The number of hydrogen-bond acceptors (Lipinski definition) is 3. The molecule has 1 rings (SSSR count). The van der Waals surface area contributed by atoms with E-state index in [4.69, 9.17) is 10.5 Å². The van der Waals surface area contributed by atoms with Gasteiger partial charge in [-0.25, -0.2) is 4.79 Å². The third-order valence-electron chi connectivity index (χ3n) is 3.30. The molecule has 0 spiro atoms. The van der Waals surface area contributed by atoms with Crippen molar-refractivity contribution in [3.8, 4) is 0 Å². The molecule has 1 saturated heterocycles. The number of ether oxygens (including phenoxy) is 1. The molecular weight excluding hydrogens is 216 g/mol. The van der Waals surface area contributed by atoms with Gasteiger partial charge in [-0.1, -0.05) is 13.3 Å². The topological polar surface area (TPSA) is 55.6 Å². The number of likely N-dealkylation sites (tertiary alicyclic amines) is 1. The van der Waals surface area contributed by atoms with Crippen molar-refractivity contribution < 1.29 is 9.53 Å². The van der Waals surface area contributed by atoms with Crippen molar-refractivity contribution in [2.75, 3.05) is 13.1 Å². The molecule has 0 aromatic rings. The molecule has 4 heteroatoms. The maximum Gasteiger partial charge on any atom is 0.410 e. The van der Waals surface area contributed by atoms with Crippen molar-refractivity contribution >= 4 is 6.09 Å². The highest BCUT2D eigenvalue weighted by Gasteiger charge is 2.35. The Morgan fingerprint density at radius 1 is 1.53 bits per heavy atom. The molecule has 1 fully saturated rings. The summed E-state index contributed by atoms with van der Waals surface area (Å²) in [4.78, 5) is 13.9. The van der Waals surface area contributed by atoms with Gasteiger partial charge in [-0.3, -0.25) is 0 Å². The molecule has 4 nitrogen and oxygen atoms in total. The lowest BCUT2D eigenvalue weighted by Gasteiger charge is -2.32. The fourth-order valence-corrected chi connectivity index (χ4v) is 2.43. The number of hydrogen-bond donors (Lipinski definition) is 1. The molecule has 1 amide bonds. The average Bonchev–Trinajstić information content (AvgIpc) is 2.66. The third kappa shape index (κ3) is 3.87. The summed E-state index contributed by atoms with van der Waals surface area (Å²) in [6, 6.07) is 0.264. The van der Waals surface area contributed by atoms with Gasteiger partial charge in [0.2, 0.25) is 0 Å². The van der Waals surface area contributed by atoms with Crippen LogP contribution in [0.5, 0.6) is 0 Å². The highest BCUT2D eigenvalue weighted by molar-refractivity contribution is 5.69. The van der Waals surface area contributed by atoms with Crippen LogP contribution in [0.1, 0.15) is 47.0 Å². The van der Waals surface area contributed by atoms with Crippen LogP contribution in [0.25, 0.3) is 0 Å². The van der Waals surface area contributed by atoms with Crippen LogP contribution in [0, 0.1) is 5.92 Å². The van der Waals surface area contributed by atoms with Gasteiger partial charge in [0.15, 0.2) is 0 Å². The SMILES string of the molecule is CCC(CN)C1CCCN1C(=O)OC(C)(C)C. The van der Waals surface area contributed by atoms with E-state index in [9.17, 15) is 4.79 Å². The molecule has 0 bridgehead atoms. The van der Waals surface area contributed by atoms with Crippen LogP contribution in [-0.2, 0) is 4.74 Å². The molecule has 1 heterocycles. The van der Waals surface area contributed by atoms with Gasteiger partial charge in [0, 0.05) is 12.6 Å². The summed E-state index contributed by atoms with van der Waals surface area (Å²) in [5.41, 5.74) is 5.35. The molecule has 0 radical (unpaired) electrons. The Morgan fingerprint density at radius 2 is 2.18 bits per heavy atom. The van der Waals surface area contributed by atoms with Gasteiger partial charge in [-0.05, 0) is 46.1 Å². The Bertz CT molecular complexity index is 257. The van der Waals surface area contributed by atoms with Crippen LogP contribution in [0.15, 0.2) is 0 Å². The Labute approximate surface area is 104 Å². The molecule has 1 aliphatic heterocycles. The van der Waals surface area contributed by atoms with E-state index >= 15 is 0 Å². The zero-order valence-corrected chi connectivity index (χ0v) is 11.5. The number of nitrogens with two attached hydrogens (primary N) is 1. The van der Waals surface area contributed by atoms with Crippen molar-refractivity contribution in [1.82, 2.24) is 4.90 Å². The van der Waals surface area contributed by atoms with Gasteiger partial charge >= 0.3 is 6.09 Å². The fourth-order valence-electron chi connectivity index (χ4n) is 2.43. The maximum absolute atomic E-state index is 12.1. The predicted octanol–water partition coefficient (Wildman–Crippen LogP) is 2.37. The Morgan fingerprint density at radius 3 is 2.65 bits per heavy atom. The van der Waals surface area contributed by atoms with E-state index in [1.807, 2.05) is 25.7 Å². The molecule has 2 atom stereocenters. The summed E-state index contributed by atoms with van der Waals surface area (Å²) >= 11 is 0. The monoisotopic (exact) mass is 242 g/mol. The van der Waals surface area contributed by atoms with Crippen molar-refractivity contribution in [2.24, 2.45) is 11.7 Å². The van der Waals surface area contributed by atoms with Gasteiger partial charge in [0.25, 0.3) is 0 Å². The van der Waals surface area contributed by atoms with Crippen LogP contribution in [-0.4, -0.2) is 35.7 Å². The standard InChI is InChI=1S/C13H26N2O2/c1-5-10(9-14)11-7-6-8-15(11)12(16)17-13(2,3)4/h10-11H,5-9,14H2,1-4H3. The molecule has 0 aromatic carbocycles. The van der Waals surface area contributed by atoms with Crippen LogP contribution < -0.4 is 5.73 Å². The first kappa shape index (κ1) is 14.3. The van der Waals surface area contributed by atoms with E-state index in [0.29, 0.717) is 12.5 Å². The Hall–Kier alpha value is -0.770. The van der Waals surface area contributed by atoms with E-state index in [-0.39, 0.29) is 12.1 Å². The Balaban J connectivity index is 2.65. The first-order valence-electron chi connectivity index (χ1n) is 6.58. The molecule has 0 aromatic heterocycles. The van der Waals surface area contributed by atoms with E-state index in [1.54, 1.807) is 0 Å². The fraction of sp³-hybridized carbons (Fsp3) is 0.923. The largest absolute Gasteiger partial charge is 0.444 e. The van der Waals surface area contributed by atoms with Gasteiger partial charge in [-0.15, -0.1) is 0 Å². The smallest absolute Gasteiger partial charge is 0.410 e. The highest BCUT2D eigenvalue weighted by Crippen LogP contribution is 2.27. The van der Waals surface area contributed by atoms with Gasteiger partial charge < -0.3 is 15.4 Å². The molecule has 1 aliphatic rings. The zero-order valence-electron chi connectivity index (χ0n) is 11.5. The van der Waals surface area contributed by atoms with Gasteiger partial charge in [-0.2, -0.15) is 0 Å². The third-order valence-corrected chi connectivity index (χ3v) is 3.30. The minimum Gasteiger partial charge on any atom is -0.444 e. The lowest BCUT2D eigenvalue weighted by Crippen LogP contribution is -2.44. The normalized spacial score (nSPS) is 22.6. The van der Waals surface area contributed by atoms with Crippen LogP contribution in [0.3, 0.4) is 0 Å². The molecule has 17 heavy (non-hydrogen) atoms. The Kier molecular flexibility index (Phi) is 4.80. The summed E-state index contributed by atoms with van der Waals surface area (Å²) < 4.78 is 5.44. The number of carbonyl (C=O) groups excluding carboxylic acids is 1. The number of rotatable bonds is 3. The molecule has 0 saturated carbocycles. The van der Waals surface area contributed by atoms with E-state index in [0.717, 1.165) is 25.8 Å². The van der Waals surface area contributed by atoms with Crippen LogP contribution >= 0.6 is 0 Å². The van der Waals surface area contributed by atoms with Crippen LogP contribution in [0.2, 0.25) is 0 Å². The molecule has 2 N–H and O–H groups in total. The summed E-state index contributed by atoms with van der Waals surface area (Å²) in [6.07, 6.45) is 2.93. The maximum atomic E-state index is 12.1. The van der Waals surface area contributed by atoms with Crippen LogP contribution in [0.4, 0.5) is 4.79 Å². The average molecular weight is 242 g/mol. The second kappa shape index (κ2) is 5.71. The lowest BCUT2D eigenvalue weighted by atomic mass is 9.95. The van der Waals surface area contributed by atoms with Crippen molar-refractivity contribution in [2.45, 2.75) is 58.6 Å². The van der Waals surface area contributed by atoms with Crippen molar-refractivity contribution in [3.05, 3.63) is 0 Å². The second-order valence-corrected chi connectivity index (χ2v) is 5.79. The van der Waals surface area contributed by atoms with E-state index < -0.39 is 5.60 Å². The predicted molar refractivity (Wildman–Crippen MR) is 68.8 cm³/mol. The molecule has 100 valence electrons. The first-order chi connectivity index (χ1) is 7.89. The first-order valence-corrected chi connectivity index (χ1v) is 6.58. The number of amides is 1. The molecule has 2 unspecified atom stereocenters. The summed E-state index contributed by atoms with van der Waals surface area (Å²) in [5.74, 6) is 0.394. The summed E-state index contributed by atoms with van der Waals surface area (Å²) in [5, 5.41) is 0. The van der Waals surface area contributed by atoms with E-state index in [2.05, 4.69) is 6.92 Å². The molecule has 0 aliphatic carbocycles. The summed E-state index contributed by atoms with van der Waals surface area (Å²) in [6.45, 7) is 9.27. The molecular formula is C13H26N2O2. The lowest BCUT2D eigenvalue weighted by molar-refractivity contribution is 0.0178. The van der Waals surface area contributed by atoms with E-state index in [1.165, 1.54) is 0 Å². The highest BCUT2D eigenvalue weighted by atomic mass is 16.6. The quantitative estimate of drug-likeness (QED) is 0.826. The van der Waals surface area contributed by atoms with Crippen molar-refractivity contribution in [3.63, 3.8) is 0 Å². The zero-order chi connectivity index (χ0) is 13.1. The number of carbonyl (C=O) groups is 1. The number of nitrogens with zero attached hydrogens (tertiary/aromatic N) is 1. The van der Waals surface area contributed by atoms with Gasteiger partial charge in [0.05, 0.1) is 0 Å². The summed E-state index contributed by atoms with van der Waals surface area (Å²) in [7, 11) is 0.